The maximum Gasteiger partial charge on any atom is 0.315 e. The number of likely N-dealkylation sites (tertiary alicyclic amines) is 1. The number of hydrogen-bond acceptors (Lipinski definition) is 6. The van der Waals surface area contributed by atoms with Crippen LogP contribution in [-0.4, -0.2) is 46.2 Å². The highest BCUT2D eigenvalue weighted by Gasteiger charge is 2.28. The van der Waals surface area contributed by atoms with Gasteiger partial charge in [-0.2, -0.15) is 0 Å². The molecule has 1 saturated heterocycles. The van der Waals surface area contributed by atoms with Gasteiger partial charge in [0.25, 0.3) is 5.91 Å². The van der Waals surface area contributed by atoms with Crippen LogP contribution >= 0.6 is 0 Å². The number of rotatable bonds is 6. The van der Waals surface area contributed by atoms with Crippen molar-refractivity contribution in [1.82, 2.24) is 15.1 Å². The molecule has 7 nitrogen and oxygen atoms in total. The minimum absolute atomic E-state index is 0.137. The molecule has 0 unspecified atom stereocenters. The number of nitrogens with one attached hydrogen (secondary N) is 2. The summed E-state index contributed by atoms with van der Waals surface area (Å²) in [5.74, 6) is 0.335. The van der Waals surface area contributed by atoms with E-state index in [-0.39, 0.29) is 5.91 Å². The van der Waals surface area contributed by atoms with Crippen molar-refractivity contribution in [2.45, 2.75) is 50.6 Å². The van der Waals surface area contributed by atoms with E-state index >= 15 is 0 Å². The summed E-state index contributed by atoms with van der Waals surface area (Å²) >= 11 is 0. The van der Waals surface area contributed by atoms with Crippen LogP contribution < -0.4 is 10.6 Å². The second-order valence-electron chi connectivity index (χ2n) is 8.70. The number of aromatic nitrogens is 2. The van der Waals surface area contributed by atoms with Crippen molar-refractivity contribution >= 4 is 17.6 Å². The normalized spacial score (nSPS) is 21.4. The van der Waals surface area contributed by atoms with Gasteiger partial charge in [0.1, 0.15) is 0 Å². The molecule has 0 radical (unpaired) electrons. The Hall–Kier alpha value is -3.19. The zero-order valence-corrected chi connectivity index (χ0v) is 18.2. The topological polar surface area (TPSA) is 83.3 Å². The molecule has 32 heavy (non-hydrogen) atoms. The van der Waals surface area contributed by atoms with Gasteiger partial charge in [-0.3, -0.25) is 4.79 Å². The standard InChI is InChI=1S/C25H29N5O2/c31-23(18-6-2-1-3-7-18)26-20-10-8-19(9-11-20)24-28-29-25(32-24)27-21-12-14-22(15-13-21)30-16-4-5-17-30/h1-3,6-11,21-22H,4-5,12-17H2,(H,26,31)(H,27,29). The molecule has 0 atom stereocenters. The van der Waals surface area contributed by atoms with Crippen LogP contribution in [0.25, 0.3) is 11.5 Å². The van der Waals surface area contributed by atoms with Crippen molar-refractivity contribution in [3.05, 3.63) is 60.2 Å². The largest absolute Gasteiger partial charge is 0.403 e. The Balaban J connectivity index is 1.15. The van der Waals surface area contributed by atoms with E-state index in [1.54, 1.807) is 12.1 Å². The van der Waals surface area contributed by atoms with Crippen LogP contribution in [0, 0.1) is 0 Å². The Kier molecular flexibility index (Phi) is 6.16. The molecule has 5 rings (SSSR count). The molecule has 1 aliphatic carbocycles. The Labute approximate surface area is 188 Å². The zero-order chi connectivity index (χ0) is 21.8. The fraction of sp³-hybridized carbons (Fsp3) is 0.400. The smallest absolute Gasteiger partial charge is 0.315 e. The van der Waals surface area contributed by atoms with Crippen LogP contribution in [-0.2, 0) is 0 Å². The van der Waals surface area contributed by atoms with Crippen LogP contribution in [0.3, 0.4) is 0 Å². The van der Waals surface area contributed by atoms with Gasteiger partial charge in [-0.05, 0) is 88.0 Å². The third kappa shape index (κ3) is 4.83. The third-order valence-corrected chi connectivity index (χ3v) is 6.53. The first-order valence-corrected chi connectivity index (χ1v) is 11.6. The van der Waals surface area contributed by atoms with Crippen molar-refractivity contribution in [2.75, 3.05) is 23.7 Å². The highest BCUT2D eigenvalue weighted by Crippen LogP contribution is 2.28. The minimum atomic E-state index is -0.137. The number of nitrogens with zero attached hydrogens (tertiary/aromatic N) is 3. The predicted molar refractivity (Wildman–Crippen MR) is 125 cm³/mol. The molecule has 166 valence electrons. The van der Waals surface area contributed by atoms with Crippen LogP contribution in [0.2, 0.25) is 0 Å². The number of carbonyl (C=O) groups is 1. The summed E-state index contributed by atoms with van der Waals surface area (Å²) in [4.78, 5) is 15.0. The molecule has 1 amide bonds. The van der Waals surface area contributed by atoms with Gasteiger partial charge in [0.2, 0.25) is 5.89 Å². The molecule has 0 spiro atoms. The molecule has 1 saturated carbocycles. The van der Waals surface area contributed by atoms with Gasteiger partial charge in [0, 0.05) is 28.9 Å². The van der Waals surface area contributed by atoms with Gasteiger partial charge in [0.15, 0.2) is 0 Å². The average molecular weight is 432 g/mol. The number of anilines is 2. The minimum Gasteiger partial charge on any atom is -0.403 e. The molecule has 1 aliphatic heterocycles. The fourth-order valence-electron chi connectivity index (χ4n) is 4.75. The lowest BCUT2D eigenvalue weighted by Crippen LogP contribution is -2.38. The Bertz CT molecular complexity index is 1020. The van der Waals surface area contributed by atoms with E-state index in [1.165, 1.54) is 38.8 Å². The maximum absolute atomic E-state index is 12.3. The van der Waals surface area contributed by atoms with Gasteiger partial charge in [-0.25, -0.2) is 0 Å². The molecule has 7 heteroatoms. The molecular weight excluding hydrogens is 402 g/mol. The van der Waals surface area contributed by atoms with Crippen molar-refractivity contribution in [2.24, 2.45) is 0 Å². The van der Waals surface area contributed by atoms with Crippen molar-refractivity contribution in [3.8, 4) is 11.5 Å². The van der Waals surface area contributed by atoms with Gasteiger partial charge < -0.3 is 20.0 Å². The number of hydrogen-bond donors (Lipinski definition) is 2. The summed E-state index contributed by atoms with van der Waals surface area (Å²) in [5, 5.41) is 14.7. The second-order valence-corrected chi connectivity index (χ2v) is 8.70. The number of carbonyl (C=O) groups excluding carboxylic acids is 1. The summed E-state index contributed by atoms with van der Waals surface area (Å²) in [6, 6.07) is 18.2. The molecule has 3 aromatic rings. The predicted octanol–water partition coefficient (Wildman–Crippen LogP) is 4.81. The van der Waals surface area contributed by atoms with Crippen LogP contribution in [0.5, 0.6) is 0 Å². The first kappa shape index (κ1) is 20.7. The summed E-state index contributed by atoms with van der Waals surface area (Å²) in [7, 11) is 0. The van der Waals surface area contributed by atoms with Crippen LogP contribution in [0.1, 0.15) is 48.9 Å². The highest BCUT2D eigenvalue weighted by atomic mass is 16.4. The number of amides is 1. The Morgan fingerprint density at radius 2 is 1.62 bits per heavy atom. The molecule has 2 fully saturated rings. The molecule has 2 heterocycles. The van der Waals surface area contributed by atoms with Crippen molar-refractivity contribution in [3.63, 3.8) is 0 Å². The lowest BCUT2D eigenvalue weighted by molar-refractivity contribution is 0.102. The van der Waals surface area contributed by atoms with E-state index in [2.05, 4.69) is 25.7 Å². The van der Waals surface area contributed by atoms with E-state index < -0.39 is 0 Å². The Morgan fingerprint density at radius 1 is 0.906 bits per heavy atom. The van der Waals surface area contributed by atoms with Gasteiger partial charge >= 0.3 is 6.01 Å². The van der Waals surface area contributed by atoms with Gasteiger partial charge in [-0.1, -0.05) is 23.3 Å². The van der Waals surface area contributed by atoms with Crippen LogP contribution in [0.15, 0.2) is 59.0 Å². The van der Waals surface area contributed by atoms with Crippen LogP contribution in [0.4, 0.5) is 11.7 Å². The first-order chi connectivity index (χ1) is 15.7. The molecule has 2 aliphatic rings. The zero-order valence-electron chi connectivity index (χ0n) is 18.2. The van der Waals surface area contributed by atoms with E-state index in [0.717, 1.165) is 30.1 Å². The molecule has 0 bridgehead atoms. The van der Waals surface area contributed by atoms with Crippen molar-refractivity contribution in [1.29, 1.82) is 0 Å². The first-order valence-electron chi connectivity index (χ1n) is 11.6. The van der Waals surface area contributed by atoms with Crippen molar-refractivity contribution < 1.29 is 9.21 Å². The summed E-state index contributed by atoms with van der Waals surface area (Å²) in [6.07, 6.45) is 7.43. The van der Waals surface area contributed by atoms with E-state index in [9.17, 15) is 4.79 Å². The van der Waals surface area contributed by atoms with Gasteiger partial charge in [-0.15, -0.1) is 5.10 Å². The summed E-state index contributed by atoms with van der Waals surface area (Å²) in [5.41, 5.74) is 2.16. The molecule has 2 N–H and O–H groups in total. The molecule has 2 aromatic carbocycles. The summed E-state index contributed by atoms with van der Waals surface area (Å²) < 4.78 is 5.86. The molecule has 1 aromatic heterocycles. The monoisotopic (exact) mass is 431 g/mol. The molecular formula is C25H29N5O2. The highest BCUT2D eigenvalue weighted by molar-refractivity contribution is 6.04. The second kappa shape index (κ2) is 9.53. The quantitative estimate of drug-likeness (QED) is 0.583. The lowest BCUT2D eigenvalue weighted by Gasteiger charge is -2.34. The van der Waals surface area contributed by atoms with E-state index in [0.29, 0.717) is 23.5 Å². The van der Waals surface area contributed by atoms with E-state index in [1.807, 2.05) is 42.5 Å². The third-order valence-electron chi connectivity index (χ3n) is 6.53. The lowest BCUT2D eigenvalue weighted by atomic mass is 9.90. The number of benzene rings is 2. The van der Waals surface area contributed by atoms with Gasteiger partial charge in [0.05, 0.1) is 0 Å². The Morgan fingerprint density at radius 3 is 2.34 bits per heavy atom. The summed E-state index contributed by atoms with van der Waals surface area (Å²) in [6.45, 7) is 2.54. The maximum atomic E-state index is 12.3. The SMILES string of the molecule is O=C(Nc1ccc(-c2nnc(NC3CCC(N4CCCC4)CC3)o2)cc1)c1ccccc1. The van der Waals surface area contributed by atoms with E-state index in [4.69, 9.17) is 4.42 Å². The fourth-order valence-corrected chi connectivity index (χ4v) is 4.75. The average Bonchev–Trinajstić information content (AvgIpc) is 3.54.